The van der Waals surface area contributed by atoms with E-state index in [2.05, 4.69) is 20.6 Å². The van der Waals surface area contributed by atoms with E-state index < -0.39 is 11.8 Å². The SMILES string of the molecule is N#Cc1cccc(NC(=O)c2cccc(C(=O)Nc3cccc4cccnc34)n2)c1. The number of pyridine rings is 2. The molecule has 4 aromatic rings. The van der Waals surface area contributed by atoms with Crippen LogP contribution in [0.5, 0.6) is 0 Å². The van der Waals surface area contributed by atoms with Gasteiger partial charge in [0.1, 0.15) is 11.4 Å². The number of carbonyl (C=O) groups is 2. The van der Waals surface area contributed by atoms with E-state index in [-0.39, 0.29) is 11.4 Å². The number of rotatable bonds is 4. The molecule has 0 aliphatic carbocycles. The zero-order chi connectivity index (χ0) is 20.9. The second-order valence-electron chi connectivity index (χ2n) is 6.39. The fraction of sp³-hybridized carbons (Fsp3) is 0. The summed E-state index contributed by atoms with van der Waals surface area (Å²) in [5.41, 5.74) is 2.31. The van der Waals surface area contributed by atoms with Gasteiger partial charge in [0.25, 0.3) is 11.8 Å². The molecule has 2 heterocycles. The van der Waals surface area contributed by atoms with Gasteiger partial charge >= 0.3 is 0 Å². The lowest BCUT2D eigenvalue weighted by Gasteiger charge is -2.09. The number of hydrogen-bond donors (Lipinski definition) is 2. The minimum absolute atomic E-state index is 0.0843. The summed E-state index contributed by atoms with van der Waals surface area (Å²) in [4.78, 5) is 33.7. The number of fused-ring (bicyclic) bond motifs is 1. The summed E-state index contributed by atoms with van der Waals surface area (Å²) < 4.78 is 0. The second-order valence-corrected chi connectivity index (χ2v) is 6.39. The second kappa shape index (κ2) is 8.20. The Kier molecular flexibility index (Phi) is 5.14. The van der Waals surface area contributed by atoms with E-state index in [1.54, 1.807) is 42.6 Å². The highest BCUT2D eigenvalue weighted by Crippen LogP contribution is 2.21. The molecule has 0 spiro atoms. The lowest BCUT2D eigenvalue weighted by Crippen LogP contribution is -2.18. The number of nitriles is 1. The van der Waals surface area contributed by atoms with Crippen LogP contribution in [0.3, 0.4) is 0 Å². The number of carbonyl (C=O) groups excluding carboxylic acids is 2. The van der Waals surface area contributed by atoms with Gasteiger partial charge in [-0.2, -0.15) is 5.26 Å². The van der Waals surface area contributed by atoms with Crippen LogP contribution in [0.1, 0.15) is 26.5 Å². The van der Waals surface area contributed by atoms with Crippen molar-refractivity contribution in [3.8, 4) is 6.07 Å². The Morgan fingerprint density at radius 1 is 0.833 bits per heavy atom. The van der Waals surface area contributed by atoms with Gasteiger partial charge in [0.05, 0.1) is 22.8 Å². The number of aromatic nitrogens is 2. The molecule has 7 nitrogen and oxygen atoms in total. The minimum atomic E-state index is -0.480. The monoisotopic (exact) mass is 393 g/mol. The van der Waals surface area contributed by atoms with E-state index in [0.717, 1.165) is 5.39 Å². The van der Waals surface area contributed by atoms with Crippen LogP contribution < -0.4 is 10.6 Å². The lowest BCUT2D eigenvalue weighted by atomic mass is 10.2. The van der Waals surface area contributed by atoms with E-state index in [1.807, 2.05) is 30.3 Å². The first-order valence-electron chi connectivity index (χ1n) is 9.08. The van der Waals surface area contributed by atoms with Gasteiger partial charge in [-0.3, -0.25) is 14.6 Å². The number of nitrogens with zero attached hydrogens (tertiary/aromatic N) is 3. The maximum Gasteiger partial charge on any atom is 0.274 e. The Morgan fingerprint density at radius 2 is 1.53 bits per heavy atom. The maximum atomic E-state index is 12.7. The molecule has 144 valence electrons. The highest BCUT2D eigenvalue weighted by atomic mass is 16.2. The fourth-order valence-electron chi connectivity index (χ4n) is 2.94. The standard InChI is InChI=1S/C23H15N5O2/c24-14-15-5-1-8-17(13-15)26-22(29)19-10-3-11-20(27-19)23(30)28-18-9-2-6-16-7-4-12-25-21(16)18/h1-13H,(H,26,29)(H,28,30). The van der Waals surface area contributed by atoms with Crippen molar-refractivity contribution in [3.05, 3.63) is 95.9 Å². The number of benzene rings is 2. The molecule has 0 atom stereocenters. The molecule has 0 saturated heterocycles. The zero-order valence-electron chi connectivity index (χ0n) is 15.7. The van der Waals surface area contributed by atoms with Crippen LogP contribution in [-0.4, -0.2) is 21.8 Å². The number of hydrogen-bond acceptors (Lipinski definition) is 5. The molecule has 2 aromatic carbocycles. The first-order valence-corrected chi connectivity index (χ1v) is 9.08. The predicted octanol–water partition coefficient (Wildman–Crippen LogP) is 4.01. The van der Waals surface area contributed by atoms with Crippen molar-refractivity contribution >= 4 is 34.1 Å². The van der Waals surface area contributed by atoms with E-state index >= 15 is 0 Å². The van der Waals surface area contributed by atoms with Gasteiger partial charge in [-0.25, -0.2) is 4.98 Å². The summed E-state index contributed by atoms with van der Waals surface area (Å²) in [5.74, 6) is -0.930. The van der Waals surface area contributed by atoms with Gasteiger partial charge in [-0.15, -0.1) is 0 Å². The van der Waals surface area contributed by atoms with E-state index in [0.29, 0.717) is 22.5 Å². The van der Waals surface area contributed by atoms with Crippen molar-refractivity contribution in [1.29, 1.82) is 5.26 Å². The van der Waals surface area contributed by atoms with Crippen molar-refractivity contribution in [1.82, 2.24) is 9.97 Å². The average Bonchev–Trinajstić information content (AvgIpc) is 2.79. The Labute approximate surface area is 172 Å². The van der Waals surface area contributed by atoms with Crippen LogP contribution in [0.15, 0.2) is 79.0 Å². The molecule has 0 aliphatic rings. The topological polar surface area (TPSA) is 108 Å². The van der Waals surface area contributed by atoms with Crippen molar-refractivity contribution in [2.45, 2.75) is 0 Å². The molecule has 2 amide bonds. The van der Waals surface area contributed by atoms with Crippen molar-refractivity contribution in [3.63, 3.8) is 0 Å². The van der Waals surface area contributed by atoms with Crippen LogP contribution in [0, 0.1) is 11.3 Å². The third-order valence-electron chi connectivity index (χ3n) is 4.34. The molecule has 0 bridgehead atoms. The van der Waals surface area contributed by atoms with E-state index in [1.165, 1.54) is 12.1 Å². The highest BCUT2D eigenvalue weighted by Gasteiger charge is 2.14. The minimum Gasteiger partial charge on any atom is -0.321 e. The van der Waals surface area contributed by atoms with Crippen molar-refractivity contribution in [2.75, 3.05) is 10.6 Å². The van der Waals surface area contributed by atoms with Gasteiger partial charge in [0, 0.05) is 17.3 Å². The first kappa shape index (κ1) is 18.8. The summed E-state index contributed by atoms with van der Waals surface area (Å²) in [6, 6.07) is 22.4. The smallest absolute Gasteiger partial charge is 0.274 e. The number of nitrogens with one attached hydrogen (secondary N) is 2. The first-order chi connectivity index (χ1) is 14.6. The lowest BCUT2D eigenvalue weighted by molar-refractivity contribution is 0.101. The summed E-state index contributed by atoms with van der Waals surface area (Å²) >= 11 is 0. The summed E-state index contributed by atoms with van der Waals surface area (Å²) in [6.45, 7) is 0. The number of amides is 2. The molecule has 7 heteroatoms. The zero-order valence-corrected chi connectivity index (χ0v) is 15.7. The molecule has 2 aromatic heterocycles. The van der Waals surface area contributed by atoms with Crippen LogP contribution >= 0.6 is 0 Å². The molecular weight excluding hydrogens is 378 g/mol. The molecule has 4 rings (SSSR count). The molecule has 0 saturated carbocycles. The molecule has 0 fully saturated rings. The van der Waals surface area contributed by atoms with Gasteiger partial charge in [0.15, 0.2) is 0 Å². The molecular formula is C23H15N5O2. The van der Waals surface area contributed by atoms with Crippen LogP contribution in [0.2, 0.25) is 0 Å². The van der Waals surface area contributed by atoms with Crippen LogP contribution in [-0.2, 0) is 0 Å². The summed E-state index contributed by atoms with van der Waals surface area (Å²) in [6.07, 6.45) is 1.66. The molecule has 2 N–H and O–H groups in total. The third kappa shape index (κ3) is 3.98. The summed E-state index contributed by atoms with van der Waals surface area (Å²) in [7, 11) is 0. The van der Waals surface area contributed by atoms with Crippen LogP contribution in [0.25, 0.3) is 10.9 Å². The number of anilines is 2. The normalized spacial score (nSPS) is 10.2. The van der Waals surface area contributed by atoms with Gasteiger partial charge < -0.3 is 10.6 Å². The Morgan fingerprint density at radius 3 is 2.33 bits per heavy atom. The van der Waals surface area contributed by atoms with E-state index in [4.69, 9.17) is 5.26 Å². The fourth-order valence-corrected chi connectivity index (χ4v) is 2.94. The Balaban J connectivity index is 1.54. The average molecular weight is 393 g/mol. The Bertz CT molecular complexity index is 1300. The van der Waals surface area contributed by atoms with Crippen molar-refractivity contribution < 1.29 is 9.59 Å². The Hall–Kier alpha value is -4.57. The predicted molar refractivity (Wildman–Crippen MR) is 113 cm³/mol. The largest absolute Gasteiger partial charge is 0.321 e. The summed E-state index contributed by atoms with van der Waals surface area (Å²) in [5, 5.41) is 15.4. The van der Waals surface area contributed by atoms with Crippen LogP contribution in [0.4, 0.5) is 11.4 Å². The van der Waals surface area contributed by atoms with Crippen molar-refractivity contribution in [2.24, 2.45) is 0 Å². The van der Waals surface area contributed by atoms with Gasteiger partial charge in [-0.05, 0) is 42.5 Å². The van der Waals surface area contributed by atoms with Gasteiger partial charge in [-0.1, -0.05) is 30.3 Å². The molecule has 0 unspecified atom stereocenters. The van der Waals surface area contributed by atoms with E-state index in [9.17, 15) is 9.59 Å². The molecule has 0 aliphatic heterocycles. The highest BCUT2D eigenvalue weighted by molar-refractivity contribution is 6.08. The molecule has 0 radical (unpaired) electrons. The third-order valence-corrected chi connectivity index (χ3v) is 4.34. The molecule has 30 heavy (non-hydrogen) atoms. The quantitative estimate of drug-likeness (QED) is 0.545. The maximum absolute atomic E-state index is 12.7. The number of para-hydroxylation sites is 1. The van der Waals surface area contributed by atoms with Gasteiger partial charge in [0.2, 0.25) is 0 Å².